The van der Waals surface area contributed by atoms with Gasteiger partial charge in [-0.15, -0.1) is 0 Å². The maximum atomic E-state index is 6.12. The number of aliphatic imine (C=N–C) groups is 1. The maximum Gasteiger partial charge on any atom is 0.224 e. The first-order valence-corrected chi connectivity index (χ1v) is 9.24. The molecule has 0 spiro atoms. The first kappa shape index (κ1) is 17.3. The molecule has 1 aromatic rings. The van der Waals surface area contributed by atoms with Crippen LogP contribution in [0.4, 0.5) is 11.8 Å². The average Bonchev–Trinajstić information content (AvgIpc) is 3.13. The third-order valence-corrected chi connectivity index (χ3v) is 4.93. The number of hydrogen-bond acceptors (Lipinski definition) is 6. The Kier molecular flexibility index (Phi) is 6.55. The Morgan fingerprint density at radius 1 is 1.29 bits per heavy atom. The summed E-state index contributed by atoms with van der Waals surface area (Å²) in [6.45, 7) is 8.11. The molecular formula is C18H29N5O. The van der Waals surface area contributed by atoms with E-state index in [1.165, 1.54) is 38.9 Å². The Balaban J connectivity index is 1.38. The van der Waals surface area contributed by atoms with E-state index in [-0.39, 0.29) is 0 Å². The van der Waals surface area contributed by atoms with Gasteiger partial charge in [-0.2, -0.15) is 4.98 Å². The molecule has 2 aliphatic rings. The second-order valence-corrected chi connectivity index (χ2v) is 6.80. The van der Waals surface area contributed by atoms with Gasteiger partial charge < -0.3 is 15.0 Å². The molecule has 2 fully saturated rings. The van der Waals surface area contributed by atoms with Crippen LogP contribution in [0.5, 0.6) is 0 Å². The first-order valence-electron chi connectivity index (χ1n) is 9.24. The van der Waals surface area contributed by atoms with Crippen LogP contribution in [0, 0.1) is 0 Å². The Morgan fingerprint density at radius 3 is 3.00 bits per heavy atom. The molecule has 0 amide bonds. The van der Waals surface area contributed by atoms with Gasteiger partial charge in [0.25, 0.3) is 0 Å². The van der Waals surface area contributed by atoms with E-state index in [4.69, 9.17) is 4.74 Å². The van der Waals surface area contributed by atoms with Crippen molar-refractivity contribution >= 4 is 18.5 Å². The summed E-state index contributed by atoms with van der Waals surface area (Å²) >= 11 is 0. The van der Waals surface area contributed by atoms with Gasteiger partial charge in [0.15, 0.2) is 5.82 Å². The van der Waals surface area contributed by atoms with Crippen molar-refractivity contribution < 1.29 is 4.74 Å². The van der Waals surface area contributed by atoms with Crippen LogP contribution in [-0.4, -0.2) is 60.0 Å². The number of aromatic nitrogens is 2. The van der Waals surface area contributed by atoms with Gasteiger partial charge in [-0.1, -0.05) is 0 Å². The highest BCUT2D eigenvalue weighted by molar-refractivity contribution is 5.42. The van der Waals surface area contributed by atoms with Gasteiger partial charge >= 0.3 is 0 Å². The van der Waals surface area contributed by atoms with Crippen molar-refractivity contribution in [2.24, 2.45) is 4.99 Å². The highest BCUT2D eigenvalue weighted by Crippen LogP contribution is 2.24. The lowest BCUT2D eigenvalue weighted by Crippen LogP contribution is -2.32. The fourth-order valence-electron chi connectivity index (χ4n) is 3.66. The zero-order valence-corrected chi connectivity index (χ0v) is 14.5. The summed E-state index contributed by atoms with van der Waals surface area (Å²) in [5, 5.41) is 3.42. The zero-order valence-electron chi connectivity index (χ0n) is 14.5. The second-order valence-electron chi connectivity index (χ2n) is 6.80. The van der Waals surface area contributed by atoms with E-state index >= 15 is 0 Å². The minimum Gasteiger partial charge on any atom is -0.378 e. The monoisotopic (exact) mass is 331 g/mol. The minimum absolute atomic E-state index is 0.357. The van der Waals surface area contributed by atoms with Crippen molar-refractivity contribution in [1.29, 1.82) is 0 Å². The van der Waals surface area contributed by atoms with Crippen LogP contribution in [0.15, 0.2) is 17.3 Å². The molecule has 0 unspecified atom stereocenters. The van der Waals surface area contributed by atoms with Crippen molar-refractivity contribution in [2.45, 2.75) is 57.1 Å². The topological polar surface area (TPSA) is 62.6 Å². The zero-order chi connectivity index (χ0) is 16.6. The van der Waals surface area contributed by atoms with E-state index in [0.717, 1.165) is 32.3 Å². The summed E-state index contributed by atoms with van der Waals surface area (Å²) in [6.07, 6.45) is 10.5. The molecule has 1 aliphatic heterocycles. The minimum atomic E-state index is 0.357. The van der Waals surface area contributed by atoms with Gasteiger partial charge in [0.1, 0.15) is 0 Å². The molecule has 0 aromatic carbocycles. The Labute approximate surface area is 144 Å². The van der Waals surface area contributed by atoms with Gasteiger partial charge in [-0.3, -0.25) is 0 Å². The van der Waals surface area contributed by atoms with Crippen molar-refractivity contribution in [3.63, 3.8) is 0 Å². The SMILES string of the molecule is C=Nc1ccnc(N[C@@H]2CCC[C@H](OCCCN3CCCC3)C2)n1. The maximum absolute atomic E-state index is 6.12. The van der Waals surface area contributed by atoms with Crippen LogP contribution in [0.3, 0.4) is 0 Å². The van der Waals surface area contributed by atoms with E-state index in [1.54, 1.807) is 12.3 Å². The third kappa shape index (κ3) is 5.24. The molecule has 1 aromatic heterocycles. The molecule has 6 nitrogen and oxygen atoms in total. The summed E-state index contributed by atoms with van der Waals surface area (Å²) in [4.78, 5) is 15.0. The third-order valence-electron chi connectivity index (χ3n) is 4.93. The van der Waals surface area contributed by atoms with Crippen molar-refractivity contribution in [3.8, 4) is 0 Å². The van der Waals surface area contributed by atoms with Gasteiger partial charge in [0.05, 0.1) is 6.10 Å². The van der Waals surface area contributed by atoms with Crippen LogP contribution in [-0.2, 0) is 4.74 Å². The lowest BCUT2D eigenvalue weighted by molar-refractivity contribution is 0.0213. The predicted octanol–water partition coefficient (Wildman–Crippen LogP) is 3.03. The first-order chi connectivity index (χ1) is 11.8. The summed E-state index contributed by atoms with van der Waals surface area (Å²) in [5.74, 6) is 1.25. The number of rotatable bonds is 8. The van der Waals surface area contributed by atoms with E-state index in [9.17, 15) is 0 Å². The Bertz CT molecular complexity index is 518. The smallest absolute Gasteiger partial charge is 0.224 e. The predicted molar refractivity (Wildman–Crippen MR) is 97.2 cm³/mol. The van der Waals surface area contributed by atoms with E-state index in [1.807, 2.05) is 0 Å². The fraction of sp³-hybridized carbons (Fsp3) is 0.722. The quantitative estimate of drug-likeness (QED) is 0.586. The van der Waals surface area contributed by atoms with Crippen LogP contribution in [0.1, 0.15) is 44.9 Å². The van der Waals surface area contributed by atoms with E-state index < -0.39 is 0 Å². The molecule has 132 valence electrons. The van der Waals surface area contributed by atoms with Crippen LogP contribution in [0.2, 0.25) is 0 Å². The largest absolute Gasteiger partial charge is 0.378 e. The number of nitrogens with zero attached hydrogens (tertiary/aromatic N) is 4. The fourth-order valence-corrected chi connectivity index (χ4v) is 3.66. The van der Waals surface area contributed by atoms with Crippen LogP contribution in [0.25, 0.3) is 0 Å². The molecule has 6 heteroatoms. The molecule has 3 rings (SSSR count). The molecule has 1 aliphatic carbocycles. The average molecular weight is 331 g/mol. The van der Waals surface area contributed by atoms with Gasteiger partial charge in [-0.05, 0) is 64.8 Å². The lowest BCUT2D eigenvalue weighted by atomic mass is 9.93. The number of anilines is 1. The molecule has 1 saturated heterocycles. The summed E-state index contributed by atoms with van der Waals surface area (Å²) in [5.41, 5.74) is 0. The van der Waals surface area contributed by atoms with E-state index in [2.05, 4.69) is 31.9 Å². The van der Waals surface area contributed by atoms with Crippen LogP contribution >= 0.6 is 0 Å². The highest BCUT2D eigenvalue weighted by Gasteiger charge is 2.23. The molecule has 2 atom stereocenters. The normalized spacial score (nSPS) is 24.8. The van der Waals surface area contributed by atoms with Gasteiger partial charge in [-0.25, -0.2) is 9.98 Å². The van der Waals surface area contributed by atoms with Gasteiger partial charge in [0.2, 0.25) is 5.95 Å². The Morgan fingerprint density at radius 2 is 2.17 bits per heavy atom. The molecule has 0 radical (unpaired) electrons. The van der Waals surface area contributed by atoms with E-state index in [0.29, 0.717) is 23.9 Å². The summed E-state index contributed by atoms with van der Waals surface area (Å²) in [7, 11) is 0. The Hall–Kier alpha value is -1.53. The molecular weight excluding hydrogens is 302 g/mol. The molecule has 0 bridgehead atoms. The molecule has 1 N–H and O–H groups in total. The molecule has 24 heavy (non-hydrogen) atoms. The molecule has 1 saturated carbocycles. The second kappa shape index (κ2) is 9.08. The standard InChI is InChI=1S/C18H29N5O/c1-19-17-8-9-20-18(22-17)21-15-6-4-7-16(14-15)24-13-5-12-23-10-2-3-11-23/h8-9,15-16H,1-7,10-14H2,(H,20,21,22)/t15-,16+/m1/s1. The number of likely N-dealkylation sites (tertiary alicyclic amines) is 1. The van der Waals surface area contributed by atoms with Gasteiger partial charge in [0, 0.05) is 31.5 Å². The number of nitrogens with one attached hydrogen (secondary N) is 1. The summed E-state index contributed by atoms with van der Waals surface area (Å²) in [6, 6.07) is 2.13. The molecule has 2 heterocycles. The van der Waals surface area contributed by atoms with Crippen molar-refractivity contribution in [3.05, 3.63) is 12.3 Å². The lowest BCUT2D eigenvalue weighted by Gasteiger charge is -2.30. The van der Waals surface area contributed by atoms with Crippen molar-refractivity contribution in [1.82, 2.24) is 14.9 Å². The number of hydrogen-bond donors (Lipinski definition) is 1. The summed E-state index contributed by atoms with van der Waals surface area (Å²) < 4.78 is 6.12. The highest BCUT2D eigenvalue weighted by atomic mass is 16.5. The number of ether oxygens (including phenoxy) is 1. The van der Waals surface area contributed by atoms with Crippen LogP contribution < -0.4 is 5.32 Å². The van der Waals surface area contributed by atoms with Crippen molar-refractivity contribution in [2.75, 3.05) is 31.6 Å².